The summed E-state index contributed by atoms with van der Waals surface area (Å²) in [5.74, 6) is 0.213. The minimum absolute atomic E-state index is 0.105. The van der Waals surface area contributed by atoms with Crippen molar-refractivity contribution < 1.29 is 19.1 Å². The molecule has 1 aromatic heterocycles. The average molecular weight is 439 g/mol. The molecule has 0 N–H and O–H groups in total. The van der Waals surface area contributed by atoms with Crippen LogP contribution in [0.4, 0.5) is 0 Å². The Morgan fingerprint density at radius 2 is 1.72 bits per heavy atom. The molecule has 1 aromatic carbocycles. The van der Waals surface area contributed by atoms with E-state index in [1.54, 1.807) is 0 Å². The zero-order valence-electron chi connectivity index (χ0n) is 19.4. The van der Waals surface area contributed by atoms with Crippen molar-refractivity contribution in [3.05, 3.63) is 54.4 Å². The lowest BCUT2D eigenvalue weighted by molar-refractivity contribution is -0.145. The number of hydrogen-bond donors (Lipinski definition) is 0. The first-order valence-electron chi connectivity index (χ1n) is 11.4. The van der Waals surface area contributed by atoms with E-state index in [-0.39, 0.29) is 12.1 Å². The Morgan fingerprint density at radius 1 is 1.03 bits per heavy atom. The van der Waals surface area contributed by atoms with Gasteiger partial charge in [0.25, 0.3) is 0 Å². The van der Waals surface area contributed by atoms with Crippen LogP contribution in [0.5, 0.6) is 5.75 Å². The van der Waals surface area contributed by atoms with Gasteiger partial charge in [0.2, 0.25) is 0 Å². The molecule has 172 valence electrons. The molecule has 0 spiro atoms. The fraction of sp³-hybridized carbons (Fsp3) is 0.462. The van der Waals surface area contributed by atoms with Gasteiger partial charge in [-0.2, -0.15) is 0 Å². The lowest BCUT2D eigenvalue weighted by Gasteiger charge is -2.11. The third-order valence-electron chi connectivity index (χ3n) is 4.99. The molecule has 0 radical (unpaired) electrons. The summed E-state index contributed by atoms with van der Waals surface area (Å²) in [4.78, 5) is 31.5. The Bertz CT molecular complexity index is 860. The largest absolute Gasteiger partial charge is 0.463 e. The highest BCUT2D eigenvalue weighted by Crippen LogP contribution is 2.18. The predicted octanol–water partition coefficient (Wildman–Crippen LogP) is 5.85. The van der Waals surface area contributed by atoms with Gasteiger partial charge in [-0.05, 0) is 38.2 Å². The quantitative estimate of drug-likeness (QED) is 0.222. The molecule has 0 amide bonds. The topological polar surface area (TPSA) is 78.4 Å². The number of rotatable bonds is 13. The van der Waals surface area contributed by atoms with Crippen molar-refractivity contribution in [1.29, 1.82) is 0 Å². The van der Waals surface area contributed by atoms with Gasteiger partial charge >= 0.3 is 11.9 Å². The van der Waals surface area contributed by atoms with E-state index in [4.69, 9.17) is 9.47 Å². The molecule has 32 heavy (non-hydrogen) atoms. The number of benzene rings is 1. The number of carbonyl (C=O) groups excluding carboxylic acids is 2. The fourth-order valence-electron chi connectivity index (χ4n) is 3.25. The maximum absolute atomic E-state index is 11.9. The second-order valence-corrected chi connectivity index (χ2v) is 7.92. The summed E-state index contributed by atoms with van der Waals surface area (Å²) in [5, 5.41) is 0. The van der Waals surface area contributed by atoms with Crippen molar-refractivity contribution in [1.82, 2.24) is 9.97 Å². The van der Waals surface area contributed by atoms with Gasteiger partial charge in [-0.25, -0.2) is 14.8 Å². The molecule has 1 heterocycles. The Hall–Kier alpha value is -3.02. The maximum atomic E-state index is 11.9. The number of ether oxygens (including phenoxy) is 2. The van der Waals surface area contributed by atoms with Crippen molar-refractivity contribution >= 4 is 11.9 Å². The zero-order valence-corrected chi connectivity index (χ0v) is 19.4. The van der Waals surface area contributed by atoms with E-state index in [2.05, 4.69) is 16.9 Å². The lowest BCUT2D eigenvalue weighted by Crippen LogP contribution is -2.12. The summed E-state index contributed by atoms with van der Waals surface area (Å²) in [5.41, 5.74) is 2.03. The number of unbranched alkanes of at least 4 members (excludes halogenated alkanes) is 5. The predicted molar refractivity (Wildman–Crippen MR) is 125 cm³/mol. The van der Waals surface area contributed by atoms with Crippen LogP contribution in [0.25, 0.3) is 11.4 Å². The van der Waals surface area contributed by atoms with E-state index in [0.29, 0.717) is 11.6 Å². The molecule has 0 fully saturated rings. The second-order valence-electron chi connectivity index (χ2n) is 7.92. The van der Waals surface area contributed by atoms with Crippen LogP contribution in [0.2, 0.25) is 0 Å². The molecule has 2 aromatic rings. The van der Waals surface area contributed by atoms with Crippen molar-refractivity contribution in [3.8, 4) is 17.1 Å². The third-order valence-corrected chi connectivity index (χ3v) is 4.99. The van der Waals surface area contributed by atoms with Crippen molar-refractivity contribution in [2.45, 2.75) is 78.2 Å². The number of nitrogens with zero attached hydrogens (tertiary/aromatic N) is 2. The van der Waals surface area contributed by atoms with Crippen LogP contribution >= 0.6 is 0 Å². The minimum atomic E-state index is -0.415. The monoisotopic (exact) mass is 438 g/mol. The van der Waals surface area contributed by atoms with Crippen LogP contribution in [-0.4, -0.2) is 28.0 Å². The number of aromatic nitrogens is 2. The molecule has 0 aliphatic carbocycles. The van der Waals surface area contributed by atoms with E-state index < -0.39 is 5.97 Å². The molecule has 0 bridgehead atoms. The molecule has 2 rings (SSSR count). The van der Waals surface area contributed by atoms with Crippen molar-refractivity contribution in [2.24, 2.45) is 0 Å². The SMILES string of the molecule is CCCCCCCC=CC(=O)Oc1cnc(-c2ccc(CCC(C)OC(C)=O)cc2)nc1. The van der Waals surface area contributed by atoms with E-state index in [1.165, 1.54) is 51.1 Å². The molecule has 6 heteroatoms. The zero-order chi connectivity index (χ0) is 23.2. The molecule has 0 saturated heterocycles. The van der Waals surface area contributed by atoms with Gasteiger partial charge in [0.15, 0.2) is 11.6 Å². The molecule has 0 aliphatic heterocycles. The van der Waals surface area contributed by atoms with Crippen molar-refractivity contribution in [3.63, 3.8) is 0 Å². The number of carbonyl (C=O) groups is 2. The number of esters is 2. The third kappa shape index (κ3) is 9.86. The van der Waals surface area contributed by atoms with Crippen LogP contribution in [0.15, 0.2) is 48.8 Å². The van der Waals surface area contributed by atoms with E-state index >= 15 is 0 Å². The highest BCUT2D eigenvalue weighted by molar-refractivity contribution is 5.83. The summed E-state index contributed by atoms with van der Waals surface area (Å²) >= 11 is 0. The summed E-state index contributed by atoms with van der Waals surface area (Å²) < 4.78 is 10.4. The maximum Gasteiger partial charge on any atom is 0.335 e. The molecule has 0 aliphatic rings. The first kappa shape index (κ1) is 25.2. The molecule has 1 unspecified atom stereocenters. The first-order valence-corrected chi connectivity index (χ1v) is 11.4. The van der Waals surface area contributed by atoms with Gasteiger partial charge < -0.3 is 9.47 Å². The van der Waals surface area contributed by atoms with E-state index in [9.17, 15) is 9.59 Å². The van der Waals surface area contributed by atoms with Gasteiger partial charge in [-0.1, -0.05) is 62.9 Å². The van der Waals surface area contributed by atoms with E-state index in [0.717, 1.165) is 36.8 Å². The number of aryl methyl sites for hydroxylation is 1. The smallest absolute Gasteiger partial charge is 0.335 e. The first-order chi connectivity index (χ1) is 15.5. The Kier molecular flexibility index (Phi) is 11.1. The minimum Gasteiger partial charge on any atom is -0.463 e. The van der Waals surface area contributed by atoms with Gasteiger partial charge in [0, 0.05) is 18.6 Å². The molecular formula is C26H34N2O4. The number of hydrogen-bond acceptors (Lipinski definition) is 6. The van der Waals surface area contributed by atoms with Gasteiger partial charge in [0.1, 0.15) is 0 Å². The molecule has 6 nitrogen and oxygen atoms in total. The van der Waals surface area contributed by atoms with Gasteiger partial charge in [-0.3, -0.25) is 4.79 Å². The Labute approximate surface area is 191 Å². The average Bonchev–Trinajstić information content (AvgIpc) is 2.77. The van der Waals surface area contributed by atoms with E-state index in [1.807, 2.05) is 37.3 Å². The summed E-state index contributed by atoms with van der Waals surface area (Å²) in [6.07, 6.45) is 14.7. The van der Waals surface area contributed by atoms with Crippen LogP contribution in [-0.2, 0) is 20.7 Å². The Morgan fingerprint density at radius 3 is 2.38 bits per heavy atom. The van der Waals surface area contributed by atoms with Crippen LogP contribution < -0.4 is 4.74 Å². The van der Waals surface area contributed by atoms with Crippen LogP contribution in [0, 0.1) is 0 Å². The van der Waals surface area contributed by atoms with Crippen molar-refractivity contribution in [2.75, 3.05) is 0 Å². The summed E-state index contributed by atoms with van der Waals surface area (Å²) in [6.45, 7) is 5.51. The highest BCUT2D eigenvalue weighted by Gasteiger charge is 2.07. The lowest BCUT2D eigenvalue weighted by atomic mass is 10.1. The Balaban J connectivity index is 1.79. The van der Waals surface area contributed by atoms with Crippen LogP contribution in [0.3, 0.4) is 0 Å². The normalized spacial score (nSPS) is 12.0. The highest BCUT2D eigenvalue weighted by atomic mass is 16.5. The van der Waals surface area contributed by atoms with Crippen LogP contribution in [0.1, 0.15) is 71.3 Å². The summed E-state index contributed by atoms with van der Waals surface area (Å²) in [6, 6.07) is 7.94. The van der Waals surface area contributed by atoms with Gasteiger partial charge in [-0.15, -0.1) is 0 Å². The molecule has 1 atom stereocenters. The molecular weight excluding hydrogens is 404 g/mol. The summed E-state index contributed by atoms with van der Waals surface area (Å²) in [7, 11) is 0. The standard InChI is InChI=1S/C26H34N2O4/c1-4-5-6-7-8-9-10-11-25(30)32-24-18-27-26(28-19-24)23-16-14-22(15-17-23)13-12-20(2)31-21(3)29/h10-11,14-20H,4-9,12-13H2,1-3H3. The molecule has 0 saturated carbocycles. The number of allylic oxidation sites excluding steroid dienone is 1. The fourth-order valence-corrected chi connectivity index (χ4v) is 3.25. The van der Waals surface area contributed by atoms with Gasteiger partial charge in [0.05, 0.1) is 18.5 Å². The second kappa shape index (κ2) is 14.1.